The Labute approximate surface area is 225 Å². The van der Waals surface area contributed by atoms with Gasteiger partial charge in [0.25, 0.3) is 0 Å². The van der Waals surface area contributed by atoms with Crippen LogP contribution in [0.4, 0.5) is 17.1 Å². The molecule has 5 nitrogen and oxygen atoms in total. The summed E-state index contributed by atoms with van der Waals surface area (Å²) in [6.07, 6.45) is 8.79. The molecule has 0 atom stereocenters. The van der Waals surface area contributed by atoms with Gasteiger partial charge in [0.05, 0.1) is 24.8 Å². The second kappa shape index (κ2) is 9.94. The van der Waals surface area contributed by atoms with Gasteiger partial charge in [-0.15, -0.1) is 0 Å². The molecule has 7 rings (SSSR count). The van der Waals surface area contributed by atoms with Crippen molar-refractivity contribution in [3.63, 3.8) is 0 Å². The van der Waals surface area contributed by atoms with Crippen molar-refractivity contribution in [3.8, 4) is 0 Å². The number of hydrogen-bond acceptors (Lipinski definition) is 4. The summed E-state index contributed by atoms with van der Waals surface area (Å²) in [4.78, 5) is 26.8. The second-order valence-electron chi connectivity index (χ2n) is 11.7. The maximum atomic E-state index is 12.7. The van der Waals surface area contributed by atoms with Crippen molar-refractivity contribution in [1.29, 1.82) is 0 Å². The zero-order valence-corrected chi connectivity index (χ0v) is 22.3. The molecule has 0 aliphatic heterocycles. The van der Waals surface area contributed by atoms with Gasteiger partial charge < -0.3 is 15.0 Å². The summed E-state index contributed by atoms with van der Waals surface area (Å²) in [6.45, 7) is 0. The number of nitrogens with zero attached hydrogens (tertiary/aromatic N) is 1. The Bertz CT molecular complexity index is 1290. The summed E-state index contributed by atoms with van der Waals surface area (Å²) in [5, 5.41) is 2.84. The van der Waals surface area contributed by atoms with E-state index >= 15 is 0 Å². The molecule has 0 saturated heterocycles. The lowest BCUT2D eigenvalue weighted by Gasteiger charge is -2.57. The fourth-order valence-electron chi connectivity index (χ4n) is 7.75. The summed E-state index contributed by atoms with van der Waals surface area (Å²) in [5.41, 5.74) is 5.92. The second-order valence-corrected chi connectivity index (χ2v) is 11.7. The maximum Gasteiger partial charge on any atom is 0.339 e. The topological polar surface area (TPSA) is 58.6 Å². The highest BCUT2D eigenvalue weighted by molar-refractivity contribution is 6.01. The van der Waals surface area contributed by atoms with Crippen LogP contribution in [0.25, 0.3) is 0 Å². The molecular weight excluding hydrogens is 472 g/mol. The summed E-state index contributed by atoms with van der Waals surface area (Å²) in [7, 11) is 3.42. The SMILES string of the molecule is COC(=O)c1ccccc1NC(=O)Cc1ccc(N(C)c2ccc(C34CC5CC(CC(C5)C3)C4)cc2)cc1. The Balaban J connectivity index is 1.10. The molecule has 3 aromatic carbocycles. The van der Waals surface area contributed by atoms with E-state index in [1.807, 2.05) is 12.1 Å². The highest BCUT2D eigenvalue weighted by Gasteiger charge is 2.51. The Kier molecular flexibility index (Phi) is 6.46. The van der Waals surface area contributed by atoms with Gasteiger partial charge in [-0.25, -0.2) is 4.79 Å². The van der Waals surface area contributed by atoms with Crippen molar-refractivity contribution in [1.82, 2.24) is 0 Å². The third-order valence-corrected chi connectivity index (χ3v) is 9.20. The molecule has 0 heterocycles. The van der Waals surface area contributed by atoms with Crippen molar-refractivity contribution in [2.45, 2.75) is 50.4 Å². The van der Waals surface area contributed by atoms with Gasteiger partial charge in [-0.05, 0) is 109 Å². The number of esters is 1. The minimum atomic E-state index is -0.473. The molecule has 4 fully saturated rings. The Morgan fingerprint density at radius 1 is 0.842 bits per heavy atom. The molecule has 0 radical (unpaired) electrons. The highest BCUT2D eigenvalue weighted by Crippen LogP contribution is 2.60. The summed E-state index contributed by atoms with van der Waals surface area (Å²) >= 11 is 0. The molecule has 196 valence electrons. The van der Waals surface area contributed by atoms with Crippen molar-refractivity contribution >= 4 is 28.9 Å². The van der Waals surface area contributed by atoms with Gasteiger partial charge >= 0.3 is 5.97 Å². The van der Waals surface area contributed by atoms with E-state index in [0.717, 1.165) is 29.0 Å². The predicted octanol–water partition coefficient (Wildman–Crippen LogP) is 6.89. The number of nitrogens with one attached hydrogen (secondary N) is 1. The lowest BCUT2D eigenvalue weighted by molar-refractivity contribution is -0.115. The quantitative estimate of drug-likeness (QED) is 0.353. The van der Waals surface area contributed by atoms with Gasteiger partial charge in [0, 0.05) is 18.4 Å². The number of rotatable bonds is 7. The average Bonchev–Trinajstić information content (AvgIpc) is 2.92. The third kappa shape index (κ3) is 4.70. The van der Waals surface area contributed by atoms with Crippen LogP contribution in [-0.4, -0.2) is 26.0 Å². The first-order valence-electron chi connectivity index (χ1n) is 13.8. The van der Waals surface area contributed by atoms with Crippen LogP contribution in [0.3, 0.4) is 0 Å². The number of carbonyl (C=O) groups is 2. The van der Waals surface area contributed by atoms with Gasteiger partial charge in [0.2, 0.25) is 5.91 Å². The van der Waals surface area contributed by atoms with Crippen LogP contribution in [0.2, 0.25) is 0 Å². The lowest BCUT2D eigenvalue weighted by Crippen LogP contribution is -2.48. The third-order valence-electron chi connectivity index (χ3n) is 9.20. The standard InChI is InChI=1S/C33H36N2O3/c1-35(28-13-9-26(10-14-28)33-19-23-15-24(20-33)17-25(16-23)21-33)27-11-7-22(8-12-27)18-31(36)34-30-6-4-3-5-29(30)32(37)38-2/h3-14,23-25H,15-21H2,1-2H3,(H,34,36). The van der Waals surface area contributed by atoms with Crippen LogP contribution in [0, 0.1) is 17.8 Å². The summed E-state index contributed by atoms with van der Waals surface area (Å²) in [6, 6.07) is 24.3. The molecule has 1 N–H and O–H groups in total. The van der Waals surface area contributed by atoms with Crippen LogP contribution < -0.4 is 10.2 Å². The molecule has 1 amide bonds. The molecule has 38 heavy (non-hydrogen) atoms. The van der Waals surface area contributed by atoms with Gasteiger partial charge in [-0.3, -0.25) is 4.79 Å². The number of benzene rings is 3. The Morgan fingerprint density at radius 3 is 1.97 bits per heavy atom. The van der Waals surface area contributed by atoms with Gasteiger partial charge in [0.15, 0.2) is 0 Å². The molecule has 5 heteroatoms. The summed E-state index contributed by atoms with van der Waals surface area (Å²) in [5.74, 6) is 2.20. The minimum Gasteiger partial charge on any atom is -0.465 e. The normalized spacial score (nSPS) is 25.2. The van der Waals surface area contributed by atoms with Gasteiger partial charge in [0.1, 0.15) is 0 Å². The molecule has 0 aromatic heterocycles. The average molecular weight is 509 g/mol. The number of carbonyl (C=O) groups excluding carboxylic acids is 2. The largest absolute Gasteiger partial charge is 0.465 e. The van der Waals surface area contributed by atoms with Crippen LogP contribution in [-0.2, 0) is 21.4 Å². The van der Waals surface area contributed by atoms with E-state index in [9.17, 15) is 9.59 Å². The molecule has 0 spiro atoms. The van der Waals surface area contributed by atoms with E-state index in [1.54, 1.807) is 29.8 Å². The molecular formula is C33H36N2O3. The zero-order chi connectivity index (χ0) is 26.3. The first-order chi connectivity index (χ1) is 18.4. The van der Waals surface area contributed by atoms with Crippen LogP contribution in [0.5, 0.6) is 0 Å². The molecule has 4 bridgehead atoms. The van der Waals surface area contributed by atoms with Crippen LogP contribution in [0.15, 0.2) is 72.8 Å². The first-order valence-corrected chi connectivity index (χ1v) is 13.8. The van der Waals surface area contributed by atoms with E-state index < -0.39 is 5.97 Å². The Hall–Kier alpha value is -3.60. The molecule has 3 aromatic rings. The number of methoxy groups -OCH3 is 1. The zero-order valence-electron chi connectivity index (χ0n) is 22.3. The number of hydrogen-bond donors (Lipinski definition) is 1. The van der Waals surface area contributed by atoms with Crippen molar-refractivity contribution < 1.29 is 14.3 Å². The number of amides is 1. The van der Waals surface area contributed by atoms with Crippen molar-refractivity contribution in [3.05, 3.63) is 89.5 Å². The minimum absolute atomic E-state index is 0.178. The predicted molar refractivity (Wildman–Crippen MR) is 151 cm³/mol. The monoisotopic (exact) mass is 508 g/mol. The molecule has 0 unspecified atom stereocenters. The van der Waals surface area contributed by atoms with Crippen LogP contribution >= 0.6 is 0 Å². The summed E-state index contributed by atoms with van der Waals surface area (Å²) < 4.78 is 4.81. The highest BCUT2D eigenvalue weighted by atomic mass is 16.5. The fraction of sp³-hybridized carbons (Fsp3) is 0.394. The van der Waals surface area contributed by atoms with Crippen molar-refractivity contribution in [2.24, 2.45) is 17.8 Å². The van der Waals surface area contributed by atoms with Gasteiger partial charge in [-0.2, -0.15) is 0 Å². The molecule has 4 aliphatic rings. The van der Waals surface area contributed by atoms with E-state index in [0.29, 0.717) is 16.7 Å². The van der Waals surface area contributed by atoms with E-state index in [-0.39, 0.29) is 12.3 Å². The van der Waals surface area contributed by atoms with E-state index in [2.05, 4.69) is 53.7 Å². The van der Waals surface area contributed by atoms with E-state index in [1.165, 1.54) is 51.3 Å². The molecule has 4 saturated carbocycles. The van der Waals surface area contributed by atoms with E-state index in [4.69, 9.17) is 4.74 Å². The van der Waals surface area contributed by atoms with Crippen LogP contribution in [0.1, 0.15) is 60.0 Å². The number of para-hydroxylation sites is 1. The molecule has 4 aliphatic carbocycles. The number of ether oxygens (including phenoxy) is 1. The maximum absolute atomic E-state index is 12.7. The fourth-order valence-corrected chi connectivity index (χ4v) is 7.75. The van der Waals surface area contributed by atoms with Crippen molar-refractivity contribution in [2.75, 3.05) is 24.4 Å². The number of anilines is 3. The Morgan fingerprint density at radius 2 is 1.39 bits per heavy atom. The smallest absolute Gasteiger partial charge is 0.339 e. The first kappa shape index (κ1) is 24.7. The van der Waals surface area contributed by atoms with Gasteiger partial charge in [-0.1, -0.05) is 36.4 Å². The lowest BCUT2D eigenvalue weighted by atomic mass is 9.48.